The molecule has 0 bridgehead atoms. The maximum Gasteiger partial charge on any atom is 0.217 e. The third-order valence-electron chi connectivity index (χ3n) is 6.51. The number of hydrogen-bond acceptors (Lipinski definition) is 5. The molecule has 5 nitrogen and oxygen atoms in total. The largest absolute Gasteiger partial charge is 0.390 e. The van der Waals surface area contributed by atoms with Crippen molar-refractivity contribution in [2.24, 2.45) is 0 Å². The molecule has 0 unspecified atom stereocenters. The van der Waals surface area contributed by atoms with Gasteiger partial charge in [0.1, 0.15) is 16.6 Å². The average molecular weight is 500 g/mol. The van der Waals surface area contributed by atoms with Gasteiger partial charge in [-0.3, -0.25) is 4.79 Å². The first-order chi connectivity index (χ1) is 16.8. The molecular weight excluding hydrogens is 468 g/mol. The number of aliphatic hydroxyl groups excluding tert-OH is 1. The van der Waals surface area contributed by atoms with Crippen LogP contribution < -0.4 is 10.6 Å². The Labute approximate surface area is 208 Å². The van der Waals surface area contributed by atoms with Crippen LogP contribution in [0.2, 0.25) is 0 Å². The zero-order valence-corrected chi connectivity index (χ0v) is 20.8. The quantitative estimate of drug-likeness (QED) is 0.398. The van der Waals surface area contributed by atoms with Crippen molar-refractivity contribution in [2.45, 2.75) is 64.1 Å². The molecule has 1 aliphatic rings. The second-order valence-electron chi connectivity index (χ2n) is 9.11. The Bertz CT molecular complexity index is 1150. The van der Waals surface area contributed by atoms with Gasteiger partial charge in [0.2, 0.25) is 5.91 Å². The first-order valence-electron chi connectivity index (χ1n) is 12.0. The van der Waals surface area contributed by atoms with Crippen LogP contribution in [0.4, 0.5) is 8.78 Å². The average Bonchev–Trinajstić information content (AvgIpc) is 3.35. The van der Waals surface area contributed by atoms with Gasteiger partial charge in [0.05, 0.1) is 12.1 Å². The van der Waals surface area contributed by atoms with E-state index in [1.54, 1.807) is 11.3 Å². The number of amides is 1. The Hall–Kier alpha value is -2.68. The zero-order valence-electron chi connectivity index (χ0n) is 20.0. The maximum absolute atomic E-state index is 13.7. The van der Waals surface area contributed by atoms with Gasteiger partial charge in [-0.25, -0.2) is 13.8 Å². The summed E-state index contributed by atoms with van der Waals surface area (Å²) in [6, 6.07) is 7.11. The number of aliphatic hydroxyl groups is 1. The highest BCUT2D eigenvalue weighted by Gasteiger charge is 2.27. The van der Waals surface area contributed by atoms with E-state index < -0.39 is 23.8 Å². The summed E-state index contributed by atoms with van der Waals surface area (Å²) in [4.78, 5) is 16.3. The van der Waals surface area contributed by atoms with Crippen LogP contribution in [0.5, 0.6) is 0 Å². The van der Waals surface area contributed by atoms with Crippen molar-refractivity contribution in [3.05, 3.63) is 75.8 Å². The summed E-state index contributed by atoms with van der Waals surface area (Å²) in [7, 11) is 0. The summed E-state index contributed by atoms with van der Waals surface area (Å²) < 4.78 is 27.3. The van der Waals surface area contributed by atoms with Crippen LogP contribution in [0.25, 0.3) is 10.6 Å². The molecule has 1 aromatic heterocycles. The number of nitrogens with zero attached hydrogens (tertiary/aromatic N) is 1. The number of rotatable bonds is 9. The van der Waals surface area contributed by atoms with E-state index in [1.807, 2.05) is 11.6 Å². The van der Waals surface area contributed by atoms with Crippen molar-refractivity contribution in [2.75, 3.05) is 6.54 Å². The van der Waals surface area contributed by atoms with Crippen molar-refractivity contribution in [3.8, 4) is 10.6 Å². The monoisotopic (exact) mass is 499 g/mol. The predicted molar refractivity (Wildman–Crippen MR) is 134 cm³/mol. The molecule has 0 radical (unpaired) electrons. The molecule has 1 heterocycles. The lowest BCUT2D eigenvalue weighted by Gasteiger charge is -2.31. The Morgan fingerprint density at radius 2 is 1.97 bits per heavy atom. The Balaban J connectivity index is 1.52. The van der Waals surface area contributed by atoms with Crippen LogP contribution in [-0.4, -0.2) is 34.7 Å². The minimum atomic E-state index is -0.941. The number of halogens is 2. The topological polar surface area (TPSA) is 74.2 Å². The fourth-order valence-corrected chi connectivity index (χ4v) is 5.56. The summed E-state index contributed by atoms with van der Waals surface area (Å²) in [6.07, 6.45) is 4.85. The molecule has 4 rings (SSSR count). The van der Waals surface area contributed by atoms with Crippen LogP contribution in [0.1, 0.15) is 55.0 Å². The van der Waals surface area contributed by atoms with E-state index in [-0.39, 0.29) is 24.9 Å². The molecule has 1 amide bonds. The highest BCUT2D eigenvalue weighted by atomic mass is 32.1. The van der Waals surface area contributed by atoms with Gasteiger partial charge >= 0.3 is 0 Å². The minimum Gasteiger partial charge on any atom is -0.390 e. The summed E-state index contributed by atoms with van der Waals surface area (Å²) in [5, 5.41) is 20.2. The second kappa shape index (κ2) is 11.4. The smallest absolute Gasteiger partial charge is 0.217 e. The lowest BCUT2D eigenvalue weighted by molar-refractivity contribution is -0.120. The Morgan fingerprint density at radius 3 is 2.63 bits per heavy atom. The molecule has 3 aromatic rings. The SMILES string of the molecule is CCc1cc(-c2nccs2)c2c(c1)[C@H](NC[C@H](O)[C@H](Cc1cc(F)cc(F)c1)NC(C)=O)CCC2. The number of benzene rings is 2. The predicted octanol–water partition coefficient (Wildman–Crippen LogP) is 4.73. The molecule has 3 N–H and O–H groups in total. The normalized spacial score (nSPS) is 17.0. The molecule has 3 atom stereocenters. The van der Waals surface area contributed by atoms with Gasteiger partial charge in [0, 0.05) is 42.7 Å². The van der Waals surface area contributed by atoms with Gasteiger partial charge in [-0.15, -0.1) is 11.3 Å². The van der Waals surface area contributed by atoms with Gasteiger partial charge in [0.15, 0.2) is 0 Å². The van der Waals surface area contributed by atoms with Crippen LogP contribution in [0.15, 0.2) is 41.9 Å². The summed E-state index contributed by atoms with van der Waals surface area (Å²) in [5.41, 5.74) is 5.34. The molecule has 35 heavy (non-hydrogen) atoms. The van der Waals surface area contributed by atoms with Crippen molar-refractivity contribution in [1.29, 1.82) is 0 Å². The molecule has 2 aromatic carbocycles. The van der Waals surface area contributed by atoms with Crippen molar-refractivity contribution in [1.82, 2.24) is 15.6 Å². The lowest BCUT2D eigenvalue weighted by Crippen LogP contribution is -2.48. The number of fused-ring (bicyclic) bond motifs is 1. The van der Waals surface area contributed by atoms with E-state index in [4.69, 9.17) is 0 Å². The number of aromatic nitrogens is 1. The molecule has 0 spiro atoms. The number of carbonyl (C=O) groups is 1. The highest BCUT2D eigenvalue weighted by molar-refractivity contribution is 7.13. The van der Waals surface area contributed by atoms with E-state index in [9.17, 15) is 18.7 Å². The minimum absolute atomic E-state index is 0.0585. The highest BCUT2D eigenvalue weighted by Crippen LogP contribution is 2.38. The molecule has 0 saturated carbocycles. The van der Waals surface area contributed by atoms with Gasteiger partial charge in [0.25, 0.3) is 0 Å². The number of aryl methyl sites for hydroxylation is 1. The van der Waals surface area contributed by atoms with E-state index in [1.165, 1.54) is 41.3 Å². The van der Waals surface area contributed by atoms with Crippen molar-refractivity contribution >= 4 is 17.2 Å². The van der Waals surface area contributed by atoms with E-state index in [0.717, 1.165) is 36.8 Å². The third kappa shape index (κ3) is 6.31. The summed E-state index contributed by atoms with van der Waals surface area (Å²) >= 11 is 1.63. The number of thiazole rings is 1. The van der Waals surface area contributed by atoms with Crippen LogP contribution in [0, 0.1) is 11.6 Å². The van der Waals surface area contributed by atoms with E-state index in [0.29, 0.717) is 5.56 Å². The molecule has 0 saturated heterocycles. The Morgan fingerprint density at radius 1 is 1.20 bits per heavy atom. The standard InChI is InChI=1S/C27H31F2N3O2S/c1-3-17-11-22-21(23(12-17)27-30-7-8-35-27)5-4-6-24(22)31-15-26(34)25(32-16(2)33)13-18-9-19(28)14-20(29)10-18/h7-12,14,24-26,31,34H,3-6,13,15H2,1-2H3,(H,32,33)/t24-,25+,26+/m1/s1. The zero-order chi connectivity index (χ0) is 24.9. The number of nitrogens with one attached hydrogen (secondary N) is 2. The molecule has 186 valence electrons. The molecular formula is C27H31F2N3O2S. The third-order valence-corrected chi connectivity index (χ3v) is 7.32. The molecule has 1 aliphatic carbocycles. The summed E-state index contributed by atoms with van der Waals surface area (Å²) in [5.74, 6) is -1.68. The fraction of sp³-hybridized carbons (Fsp3) is 0.407. The number of hydrogen-bond donors (Lipinski definition) is 3. The van der Waals surface area contributed by atoms with Crippen LogP contribution >= 0.6 is 11.3 Å². The van der Waals surface area contributed by atoms with Gasteiger partial charge < -0.3 is 15.7 Å². The van der Waals surface area contributed by atoms with Crippen LogP contribution in [0.3, 0.4) is 0 Å². The summed E-state index contributed by atoms with van der Waals surface area (Å²) in [6.45, 7) is 3.73. The molecule has 0 fully saturated rings. The first-order valence-corrected chi connectivity index (χ1v) is 12.9. The van der Waals surface area contributed by atoms with Gasteiger partial charge in [-0.1, -0.05) is 13.0 Å². The van der Waals surface area contributed by atoms with E-state index >= 15 is 0 Å². The van der Waals surface area contributed by atoms with Crippen molar-refractivity contribution < 1.29 is 18.7 Å². The molecule has 8 heteroatoms. The maximum atomic E-state index is 13.7. The molecule has 0 aliphatic heterocycles. The van der Waals surface area contributed by atoms with Gasteiger partial charge in [-0.05, 0) is 72.6 Å². The van der Waals surface area contributed by atoms with Crippen LogP contribution in [-0.2, 0) is 24.1 Å². The first kappa shape index (κ1) is 25.4. The second-order valence-corrected chi connectivity index (χ2v) is 10.0. The lowest BCUT2D eigenvalue weighted by atomic mass is 9.83. The van der Waals surface area contributed by atoms with E-state index in [2.05, 4.69) is 34.7 Å². The van der Waals surface area contributed by atoms with Gasteiger partial charge in [-0.2, -0.15) is 0 Å². The Kier molecular flexibility index (Phi) is 8.26. The number of carbonyl (C=O) groups excluding carboxylic acids is 1. The fourth-order valence-electron chi connectivity index (χ4n) is 4.88. The van der Waals surface area contributed by atoms with Crippen molar-refractivity contribution in [3.63, 3.8) is 0 Å².